The summed E-state index contributed by atoms with van der Waals surface area (Å²) in [6, 6.07) is 0. The average Bonchev–Trinajstić information content (AvgIpc) is 2.85. The largest absolute Gasteiger partial charge is 0.462 e. The normalized spacial score (nSPS) is 11.0. The highest BCUT2D eigenvalue weighted by molar-refractivity contribution is 8.02. The number of esters is 3. The molecule has 0 unspecified atom stereocenters. The van der Waals surface area contributed by atoms with Crippen molar-refractivity contribution in [1.82, 2.24) is 0 Å². The quantitative estimate of drug-likeness (QED) is 0.0438. The van der Waals surface area contributed by atoms with Crippen molar-refractivity contribution in [3.63, 3.8) is 0 Å². The Bertz CT molecular complexity index is 657. The van der Waals surface area contributed by atoms with Crippen molar-refractivity contribution < 1.29 is 33.3 Å². The van der Waals surface area contributed by atoms with Crippen molar-refractivity contribution in [1.29, 1.82) is 0 Å². The van der Waals surface area contributed by atoms with Gasteiger partial charge in [0.15, 0.2) is 0 Å². The number of carbonyl (C=O) groups excluding carboxylic acids is 3. The second-order valence-electron chi connectivity index (χ2n) is 7.49. The maximum Gasteiger partial charge on any atom is 0.384 e. The molecule has 9 heteroatoms. The molecule has 0 atom stereocenters. The highest BCUT2D eigenvalue weighted by Crippen LogP contribution is 2.13. The molecule has 7 nitrogen and oxygen atoms in total. The van der Waals surface area contributed by atoms with E-state index in [4.69, 9.17) is 20.6 Å². The summed E-state index contributed by atoms with van der Waals surface area (Å²) in [7, 11) is 1.63. The van der Waals surface area contributed by atoms with Crippen LogP contribution >= 0.6 is 23.5 Å². The second kappa shape index (κ2) is 26.7. The van der Waals surface area contributed by atoms with E-state index in [9.17, 15) is 14.4 Å². The van der Waals surface area contributed by atoms with E-state index >= 15 is 0 Å². The van der Waals surface area contributed by atoms with Crippen molar-refractivity contribution >= 4 is 41.4 Å². The van der Waals surface area contributed by atoms with E-state index in [0.717, 1.165) is 30.8 Å². The summed E-state index contributed by atoms with van der Waals surface area (Å²) < 4.78 is 19.6. The third-order valence-electron chi connectivity index (χ3n) is 4.50. The molecule has 0 spiro atoms. The van der Waals surface area contributed by atoms with Gasteiger partial charge in [0.05, 0.1) is 19.8 Å². The molecule has 0 fully saturated rings. The van der Waals surface area contributed by atoms with Gasteiger partial charge in [0, 0.05) is 44.6 Å². The molecule has 0 heterocycles. The number of unbranched alkanes of at least 4 members (excludes halogenated alkanes) is 7. The third-order valence-corrected chi connectivity index (χ3v) is 6.20. The number of thioether (sulfide) groups is 2. The van der Waals surface area contributed by atoms with Gasteiger partial charge in [0.2, 0.25) is 0 Å². The Hall–Kier alpha value is -1.89. The average molecular weight is 529 g/mol. The fourth-order valence-corrected chi connectivity index (χ4v) is 4.11. The van der Waals surface area contributed by atoms with Crippen molar-refractivity contribution in [3.05, 3.63) is 23.0 Å². The first-order valence-electron chi connectivity index (χ1n) is 12.1. The smallest absolute Gasteiger partial charge is 0.384 e. The van der Waals surface area contributed by atoms with Gasteiger partial charge in [-0.25, -0.2) is 14.4 Å². The lowest BCUT2D eigenvalue weighted by Crippen LogP contribution is -2.08. The molecule has 0 saturated carbocycles. The topological polar surface area (TPSA) is 88.1 Å². The van der Waals surface area contributed by atoms with E-state index in [2.05, 4.69) is 4.74 Å². The predicted molar refractivity (Wildman–Crippen MR) is 143 cm³/mol. The highest BCUT2D eigenvalue weighted by atomic mass is 32.2. The molecule has 0 aromatic heterocycles. The summed E-state index contributed by atoms with van der Waals surface area (Å²) in [6.07, 6.45) is 18.6. The Balaban J connectivity index is 3.34. The van der Waals surface area contributed by atoms with Gasteiger partial charge in [-0.15, -0.1) is 29.9 Å². The zero-order valence-electron chi connectivity index (χ0n) is 20.9. The molecular weight excluding hydrogens is 488 g/mol. The molecule has 0 aliphatic heterocycles. The van der Waals surface area contributed by atoms with Crippen molar-refractivity contribution in [3.8, 4) is 12.3 Å². The Morgan fingerprint density at radius 3 is 1.54 bits per heavy atom. The molecule has 0 aliphatic carbocycles. The van der Waals surface area contributed by atoms with Crippen molar-refractivity contribution in [2.24, 2.45) is 0 Å². The van der Waals surface area contributed by atoms with Gasteiger partial charge in [0.1, 0.15) is 0 Å². The maximum atomic E-state index is 11.5. The highest BCUT2D eigenvalue weighted by Gasteiger charge is 2.00. The van der Waals surface area contributed by atoms with Gasteiger partial charge >= 0.3 is 17.9 Å². The molecule has 0 N–H and O–H groups in total. The molecule has 35 heavy (non-hydrogen) atoms. The molecule has 0 radical (unpaired) electrons. The van der Waals surface area contributed by atoms with E-state index in [1.165, 1.54) is 50.7 Å². The zero-order valence-corrected chi connectivity index (χ0v) is 22.5. The minimum absolute atomic E-state index is 0.140. The van der Waals surface area contributed by atoms with Crippen LogP contribution in [0.1, 0.15) is 64.2 Å². The lowest BCUT2D eigenvalue weighted by atomic mass is 10.1. The third kappa shape index (κ3) is 26.6. The van der Waals surface area contributed by atoms with Crippen LogP contribution in [-0.2, 0) is 33.3 Å². The number of rotatable bonds is 23. The van der Waals surface area contributed by atoms with Gasteiger partial charge < -0.3 is 18.9 Å². The lowest BCUT2D eigenvalue weighted by Gasteiger charge is -2.02. The Kier molecular flexibility index (Phi) is 25.3. The van der Waals surface area contributed by atoms with E-state index in [1.807, 2.05) is 11.3 Å². The summed E-state index contributed by atoms with van der Waals surface area (Å²) in [4.78, 5) is 33.7. The Morgan fingerprint density at radius 2 is 1.09 bits per heavy atom. The van der Waals surface area contributed by atoms with Gasteiger partial charge in [-0.2, -0.15) is 0 Å². The van der Waals surface area contributed by atoms with E-state index in [1.54, 1.807) is 36.0 Å². The van der Waals surface area contributed by atoms with Gasteiger partial charge in [-0.1, -0.05) is 38.5 Å². The summed E-state index contributed by atoms with van der Waals surface area (Å²) in [5.41, 5.74) is 0. The minimum atomic E-state index is -0.710. The summed E-state index contributed by atoms with van der Waals surface area (Å²) in [5.74, 6) is 2.45. The molecule has 0 saturated heterocycles. The molecule has 0 aromatic carbocycles. The first-order chi connectivity index (χ1) is 17.1. The van der Waals surface area contributed by atoms with Crippen LogP contribution in [0.4, 0.5) is 0 Å². The maximum absolute atomic E-state index is 11.5. The Labute approximate surface area is 219 Å². The first-order valence-corrected chi connectivity index (χ1v) is 14.2. The SMILES string of the molecule is C#CC(=O)OCCCOC(=O)/C=C/SCCCCCCCCCCS/C=C/C(=O)OCCCOC. The number of terminal acetylenes is 1. The molecule has 0 rings (SSSR count). The summed E-state index contributed by atoms with van der Waals surface area (Å²) >= 11 is 3.26. The number of hydrogen-bond acceptors (Lipinski definition) is 9. The molecule has 0 bridgehead atoms. The fourth-order valence-electron chi connectivity index (χ4n) is 2.69. The second-order valence-corrected chi connectivity index (χ2v) is 9.52. The number of carbonyl (C=O) groups is 3. The van der Waals surface area contributed by atoms with Crippen LogP contribution in [0.2, 0.25) is 0 Å². The number of methoxy groups -OCH3 is 1. The molecule has 0 aromatic rings. The fraction of sp³-hybridized carbons (Fsp3) is 0.654. The zero-order chi connectivity index (χ0) is 25.8. The first kappa shape index (κ1) is 33.1. The minimum Gasteiger partial charge on any atom is -0.462 e. The van der Waals surface area contributed by atoms with E-state index < -0.39 is 11.9 Å². The standard InChI is InChI=1S/C26H40O7S2/c1-3-24(27)31-18-13-19-33-26(29)15-23-35-21-11-9-7-5-4-6-8-10-20-34-22-14-25(28)32-17-12-16-30-2/h1,14-15,22-23H,4-13,16-21H2,2H3/b22-14+,23-15+. The lowest BCUT2D eigenvalue weighted by molar-refractivity contribution is -0.140. The van der Waals surface area contributed by atoms with Crippen molar-refractivity contribution in [2.75, 3.05) is 45.0 Å². The van der Waals surface area contributed by atoms with E-state index in [0.29, 0.717) is 19.6 Å². The molecule has 198 valence electrons. The monoisotopic (exact) mass is 528 g/mol. The van der Waals surface area contributed by atoms with E-state index in [-0.39, 0.29) is 19.2 Å². The Morgan fingerprint density at radius 1 is 0.657 bits per heavy atom. The molecule has 0 aliphatic rings. The number of ether oxygens (including phenoxy) is 4. The van der Waals surface area contributed by atoms with Gasteiger partial charge in [0.25, 0.3) is 0 Å². The van der Waals surface area contributed by atoms with Crippen LogP contribution in [-0.4, -0.2) is 63.0 Å². The number of hydrogen-bond donors (Lipinski definition) is 0. The summed E-state index contributed by atoms with van der Waals surface area (Å²) in [5, 5.41) is 3.58. The molecule has 0 amide bonds. The van der Waals surface area contributed by atoms with Crippen LogP contribution in [0.5, 0.6) is 0 Å². The van der Waals surface area contributed by atoms with Gasteiger partial charge in [-0.3, -0.25) is 0 Å². The van der Waals surface area contributed by atoms with Crippen molar-refractivity contribution in [2.45, 2.75) is 64.2 Å². The summed E-state index contributed by atoms with van der Waals surface area (Å²) in [6.45, 7) is 1.32. The van der Waals surface area contributed by atoms with Crippen LogP contribution in [0.25, 0.3) is 0 Å². The van der Waals surface area contributed by atoms with Crippen LogP contribution in [0, 0.1) is 12.3 Å². The predicted octanol–water partition coefficient (Wildman–Crippen LogP) is 5.29. The van der Waals surface area contributed by atoms with Gasteiger partial charge in [-0.05, 0) is 35.2 Å². The molecular formula is C26H40O7S2. The van der Waals surface area contributed by atoms with Crippen LogP contribution < -0.4 is 0 Å². The van der Waals surface area contributed by atoms with Crippen LogP contribution in [0.3, 0.4) is 0 Å². The van der Waals surface area contributed by atoms with Crippen LogP contribution in [0.15, 0.2) is 23.0 Å².